The zero-order chi connectivity index (χ0) is 19.8. The number of hydrogen-bond donors (Lipinski definition) is 3. The van der Waals surface area contributed by atoms with E-state index in [0.29, 0.717) is 6.54 Å². The van der Waals surface area contributed by atoms with Crippen molar-refractivity contribution in [2.24, 2.45) is 0 Å². The molecule has 0 saturated carbocycles. The van der Waals surface area contributed by atoms with Gasteiger partial charge in [0.1, 0.15) is 0 Å². The first-order chi connectivity index (χ1) is 13.4. The summed E-state index contributed by atoms with van der Waals surface area (Å²) >= 11 is 0. The number of rotatable bonds is 4. The van der Waals surface area contributed by atoms with Crippen LogP contribution in [0.4, 0.5) is 0 Å². The molecule has 1 aliphatic rings. The third kappa shape index (κ3) is 3.29. The summed E-state index contributed by atoms with van der Waals surface area (Å²) in [7, 11) is -6.06. The summed E-state index contributed by atoms with van der Waals surface area (Å²) in [6.45, 7) is 4.57. The Labute approximate surface area is 169 Å². The molecule has 0 bridgehead atoms. The third-order valence-electron chi connectivity index (χ3n) is 5.21. The number of hydrogen-bond acceptors (Lipinski definition) is 4. The summed E-state index contributed by atoms with van der Waals surface area (Å²) in [5, 5.41) is 3.39. The van der Waals surface area contributed by atoms with Crippen molar-refractivity contribution in [2.75, 3.05) is 6.54 Å². The molecule has 6 heteroatoms. The van der Waals surface area contributed by atoms with E-state index in [0.717, 1.165) is 15.9 Å². The normalized spacial score (nSPS) is 20.6. The van der Waals surface area contributed by atoms with E-state index in [1.807, 2.05) is 72.5 Å². The van der Waals surface area contributed by atoms with Gasteiger partial charge in [0, 0.05) is 0 Å². The van der Waals surface area contributed by atoms with Gasteiger partial charge in [0.25, 0.3) is 0 Å². The minimum atomic E-state index is -3.15. The number of nitrogens with zero attached hydrogens (tertiary/aromatic N) is 1. The predicted octanol–water partition coefficient (Wildman–Crippen LogP) is 3.89. The van der Waals surface area contributed by atoms with Crippen molar-refractivity contribution in [2.45, 2.75) is 19.4 Å². The van der Waals surface area contributed by atoms with Crippen molar-refractivity contribution in [1.82, 2.24) is 8.80 Å². The first-order valence-corrected chi connectivity index (χ1v) is 12.8. The molecule has 4 nitrogen and oxygen atoms in total. The van der Waals surface area contributed by atoms with Crippen LogP contribution in [0, 0.1) is 0 Å². The van der Waals surface area contributed by atoms with Crippen molar-refractivity contribution in [1.29, 1.82) is 0 Å². The van der Waals surface area contributed by atoms with Gasteiger partial charge in [0.2, 0.25) is 0 Å². The molecule has 0 radical (unpaired) electrons. The van der Waals surface area contributed by atoms with E-state index in [2.05, 4.69) is 41.1 Å². The fourth-order valence-corrected chi connectivity index (χ4v) is 12.7. The molecule has 1 heterocycles. The standard InChI is InChI=1S/C22H27N2O2PS/c1-22(2)18-24(28(25,26)23-22)27(19-12-6-3-7-13-19,20-14-8-4-9-15-20)21-16-10-5-11-17-21/h3-17,23,25-27H,18H2,1-2H3. The Morgan fingerprint density at radius 2 is 1.11 bits per heavy atom. The molecule has 148 valence electrons. The van der Waals surface area contributed by atoms with Gasteiger partial charge in [-0.25, -0.2) is 0 Å². The number of benzene rings is 3. The van der Waals surface area contributed by atoms with Crippen molar-refractivity contribution in [3.05, 3.63) is 91.0 Å². The Morgan fingerprint density at radius 3 is 1.39 bits per heavy atom. The van der Waals surface area contributed by atoms with Gasteiger partial charge in [0.15, 0.2) is 0 Å². The summed E-state index contributed by atoms with van der Waals surface area (Å²) in [5.41, 5.74) is -0.407. The molecule has 28 heavy (non-hydrogen) atoms. The molecule has 3 N–H and O–H groups in total. The summed E-state index contributed by atoms with van der Waals surface area (Å²) in [6, 6.07) is 30.9. The molecule has 1 aliphatic heterocycles. The van der Waals surface area contributed by atoms with Crippen LogP contribution in [0.5, 0.6) is 0 Å². The second kappa shape index (κ2) is 7.27. The molecule has 1 saturated heterocycles. The Hall–Kier alpha value is -1.72. The van der Waals surface area contributed by atoms with Crippen molar-refractivity contribution >= 4 is 34.3 Å². The monoisotopic (exact) mass is 414 g/mol. The van der Waals surface area contributed by atoms with E-state index in [4.69, 9.17) is 0 Å². The molecule has 0 aliphatic carbocycles. The molecule has 3 aromatic rings. The van der Waals surface area contributed by atoms with E-state index in [1.54, 1.807) is 0 Å². The van der Waals surface area contributed by atoms with E-state index in [1.165, 1.54) is 0 Å². The minimum absolute atomic E-state index is 0.407. The predicted molar refractivity (Wildman–Crippen MR) is 123 cm³/mol. The Morgan fingerprint density at radius 1 is 0.750 bits per heavy atom. The van der Waals surface area contributed by atoms with Crippen LogP contribution in [-0.4, -0.2) is 25.3 Å². The Balaban J connectivity index is 2.08. The quantitative estimate of drug-likeness (QED) is 0.567. The summed E-state index contributed by atoms with van der Waals surface area (Å²) in [5.74, 6) is 0. The van der Waals surface area contributed by atoms with Gasteiger partial charge in [-0.1, -0.05) is 0 Å². The Bertz CT molecular complexity index is 840. The SMILES string of the molecule is CC1(C)CN([PH](c2ccccc2)(c2ccccc2)c2ccccc2)S(O)(O)N1. The average molecular weight is 415 g/mol. The molecular weight excluding hydrogens is 387 g/mol. The van der Waals surface area contributed by atoms with Crippen LogP contribution in [0.3, 0.4) is 0 Å². The van der Waals surface area contributed by atoms with Crippen LogP contribution >= 0.6 is 18.4 Å². The van der Waals surface area contributed by atoms with Crippen molar-refractivity contribution < 1.29 is 9.11 Å². The van der Waals surface area contributed by atoms with E-state index in [9.17, 15) is 9.11 Å². The molecule has 0 spiro atoms. The molecule has 0 atom stereocenters. The maximum absolute atomic E-state index is 11.2. The van der Waals surface area contributed by atoms with Gasteiger partial charge >= 0.3 is 169 Å². The number of nitrogens with one attached hydrogen (secondary N) is 1. The van der Waals surface area contributed by atoms with Gasteiger partial charge in [-0.2, -0.15) is 0 Å². The maximum atomic E-state index is 11.2. The molecule has 4 rings (SSSR count). The van der Waals surface area contributed by atoms with Crippen molar-refractivity contribution in [3.63, 3.8) is 0 Å². The zero-order valence-electron chi connectivity index (χ0n) is 16.1. The molecule has 1 fully saturated rings. The first-order valence-electron chi connectivity index (χ1n) is 9.38. The van der Waals surface area contributed by atoms with Gasteiger partial charge in [-0.3, -0.25) is 0 Å². The molecule has 0 amide bonds. The van der Waals surface area contributed by atoms with Gasteiger partial charge in [-0.05, 0) is 0 Å². The molecule has 0 aromatic heterocycles. The second-order valence-electron chi connectivity index (χ2n) is 7.85. The molecule has 0 unspecified atom stereocenters. The average Bonchev–Trinajstić information content (AvgIpc) is 2.92. The van der Waals surface area contributed by atoms with Gasteiger partial charge in [-0.15, -0.1) is 0 Å². The van der Waals surface area contributed by atoms with Gasteiger partial charge < -0.3 is 0 Å². The molecule has 3 aromatic carbocycles. The Kier molecular flexibility index (Phi) is 5.09. The third-order valence-corrected chi connectivity index (χ3v) is 12.8. The van der Waals surface area contributed by atoms with Crippen LogP contribution in [0.25, 0.3) is 0 Å². The second-order valence-corrected chi connectivity index (χ2v) is 13.5. The fourth-order valence-electron chi connectivity index (χ4n) is 4.19. The van der Waals surface area contributed by atoms with Gasteiger partial charge in [0.05, 0.1) is 0 Å². The summed E-state index contributed by atoms with van der Waals surface area (Å²) in [4.78, 5) is 0. The van der Waals surface area contributed by atoms with Crippen LogP contribution in [0.2, 0.25) is 0 Å². The zero-order valence-corrected chi connectivity index (χ0v) is 17.9. The summed E-state index contributed by atoms with van der Waals surface area (Å²) < 4.78 is 27.5. The topological polar surface area (TPSA) is 55.7 Å². The van der Waals surface area contributed by atoms with Crippen LogP contribution in [0.1, 0.15) is 13.8 Å². The van der Waals surface area contributed by atoms with E-state index < -0.39 is 23.9 Å². The summed E-state index contributed by atoms with van der Waals surface area (Å²) in [6.07, 6.45) is 0. The molecular formula is C22H27N2O2PS. The van der Waals surface area contributed by atoms with E-state index >= 15 is 0 Å². The van der Waals surface area contributed by atoms with Crippen LogP contribution < -0.4 is 20.6 Å². The van der Waals surface area contributed by atoms with Crippen LogP contribution in [0.15, 0.2) is 91.0 Å². The van der Waals surface area contributed by atoms with E-state index in [-0.39, 0.29) is 0 Å². The van der Waals surface area contributed by atoms with Crippen LogP contribution in [-0.2, 0) is 0 Å². The first kappa shape index (κ1) is 19.6. The van der Waals surface area contributed by atoms with Crippen molar-refractivity contribution in [3.8, 4) is 0 Å². The fraction of sp³-hybridized carbons (Fsp3) is 0.182.